The number of aliphatic carboxylic acids is 1. The molecule has 0 atom stereocenters. The first-order valence-corrected chi connectivity index (χ1v) is 14.1. The maximum Gasteiger partial charge on any atom is 0.307 e. The summed E-state index contributed by atoms with van der Waals surface area (Å²) < 4.78 is 26.0. The second-order valence-electron chi connectivity index (χ2n) is 9.35. The van der Waals surface area contributed by atoms with Crippen LogP contribution in [0.2, 0.25) is 5.02 Å². The SMILES string of the molecule is Cc1cc(Cl)ccc1C1=CCN(c2nc3c(c(Nc4ccc(CC(=O)O)cc4)n2)S(=O)(=O)CCC3)CC1. The number of anilines is 3. The molecule has 10 heteroatoms. The lowest BCUT2D eigenvalue weighted by molar-refractivity contribution is -0.136. The van der Waals surface area contributed by atoms with Gasteiger partial charge in [-0.05, 0) is 72.7 Å². The van der Waals surface area contributed by atoms with E-state index in [4.69, 9.17) is 21.7 Å². The second kappa shape index (κ2) is 10.1. The molecule has 0 amide bonds. The third kappa shape index (κ3) is 5.47. The molecule has 192 valence electrons. The minimum Gasteiger partial charge on any atom is -0.481 e. The smallest absolute Gasteiger partial charge is 0.307 e. The van der Waals surface area contributed by atoms with Gasteiger partial charge >= 0.3 is 5.97 Å². The van der Waals surface area contributed by atoms with Crippen LogP contribution in [0.4, 0.5) is 17.5 Å². The third-order valence-corrected chi connectivity index (χ3v) is 8.77. The van der Waals surface area contributed by atoms with E-state index in [1.54, 1.807) is 24.3 Å². The Balaban J connectivity index is 1.46. The Kier molecular flexibility index (Phi) is 6.92. The minimum atomic E-state index is -3.52. The molecule has 0 fully saturated rings. The molecule has 0 aliphatic carbocycles. The van der Waals surface area contributed by atoms with Crippen molar-refractivity contribution in [1.82, 2.24) is 9.97 Å². The Bertz CT molecular complexity index is 1500. The quantitative estimate of drug-likeness (QED) is 0.459. The molecule has 1 aromatic heterocycles. The number of aromatic nitrogens is 2. The van der Waals surface area contributed by atoms with Gasteiger partial charge in [-0.1, -0.05) is 35.9 Å². The minimum absolute atomic E-state index is 0.0607. The topological polar surface area (TPSA) is 112 Å². The average Bonchev–Trinajstić information content (AvgIpc) is 2.84. The van der Waals surface area contributed by atoms with Crippen LogP contribution < -0.4 is 10.2 Å². The highest BCUT2D eigenvalue weighted by molar-refractivity contribution is 7.91. The monoisotopic (exact) mass is 538 g/mol. The predicted molar refractivity (Wildman–Crippen MR) is 144 cm³/mol. The molecule has 0 saturated heterocycles. The first-order valence-electron chi connectivity index (χ1n) is 12.1. The van der Waals surface area contributed by atoms with E-state index >= 15 is 0 Å². The number of carboxylic acid groups (broad SMARTS) is 1. The van der Waals surface area contributed by atoms with Crippen molar-refractivity contribution in [2.75, 3.05) is 29.1 Å². The number of sulfone groups is 1. The van der Waals surface area contributed by atoms with Crippen LogP contribution in [0.5, 0.6) is 0 Å². The highest BCUT2D eigenvalue weighted by Crippen LogP contribution is 2.34. The van der Waals surface area contributed by atoms with Gasteiger partial charge < -0.3 is 15.3 Å². The van der Waals surface area contributed by atoms with Gasteiger partial charge in [0.25, 0.3) is 0 Å². The fourth-order valence-electron chi connectivity index (χ4n) is 4.84. The van der Waals surface area contributed by atoms with Crippen molar-refractivity contribution in [2.24, 2.45) is 0 Å². The Morgan fingerprint density at radius 2 is 1.92 bits per heavy atom. The summed E-state index contributed by atoms with van der Waals surface area (Å²) in [6, 6.07) is 12.8. The van der Waals surface area contributed by atoms with Crippen LogP contribution in [0.3, 0.4) is 0 Å². The summed E-state index contributed by atoms with van der Waals surface area (Å²) in [4.78, 5) is 22.6. The molecule has 8 nitrogen and oxygen atoms in total. The third-order valence-electron chi connectivity index (χ3n) is 6.66. The Labute approximate surface area is 220 Å². The van der Waals surface area contributed by atoms with E-state index in [9.17, 15) is 13.2 Å². The second-order valence-corrected chi connectivity index (χ2v) is 11.8. The zero-order valence-electron chi connectivity index (χ0n) is 20.4. The van der Waals surface area contributed by atoms with Gasteiger partial charge in [-0.15, -0.1) is 0 Å². The van der Waals surface area contributed by atoms with Crippen molar-refractivity contribution in [3.8, 4) is 0 Å². The fourth-order valence-corrected chi connectivity index (χ4v) is 6.69. The van der Waals surface area contributed by atoms with E-state index in [2.05, 4.69) is 21.3 Å². The van der Waals surface area contributed by atoms with Crippen LogP contribution in [0.1, 0.15) is 35.2 Å². The Morgan fingerprint density at radius 1 is 1.14 bits per heavy atom. The number of carboxylic acids is 1. The summed E-state index contributed by atoms with van der Waals surface area (Å²) in [6.45, 7) is 3.35. The molecule has 0 spiro atoms. The zero-order chi connectivity index (χ0) is 26.2. The standard InChI is InChI=1S/C27H27ClN4O4S/c1-17-15-20(28)6-9-22(17)19-10-12-32(13-11-19)27-30-23-3-2-14-37(35,36)25(23)26(31-27)29-21-7-4-18(5-8-21)16-24(33)34/h4-10,15H,2-3,11-14,16H2,1H3,(H,33,34)(H,29,30,31). The predicted octanol–water partition coefficient (Wildman–Crippen LogP) is 4.82. The normalized spacial score (nSPS) is 16.6. The molecule has 0 saturated carbocycles. The van der Waals surface area contributed by atoms with Crippen molar-refractivity contribution in [1.29, 1.82) is 0 Å². The number of aryl methyl sites for hydroxylation is 2. The summed E-state index contributed by atoms with van der Waals surface area (Å²) in [5, 5.41) is 12.9. The van der Waals surface area contributed by atoms with Crippen molar-refractivity contribution >= 4 is 50.4 Å². The van der Waals surface area contributed by atoms with Crippen LogP contribution in [-0.4, -0.2) is 48.3 Å². The lowest BCUT2D eigenvalue weighted by Crippen LogP contribution is -2.31. The molecule has 2 aliphatic heterocycles. The lowest BCUT2D eigenvalue weighted by Gasteiger charge is -2.29. The number of nitrogens with one attached hydrogen (secondary N) is 1. The number of rotatable bonds is 6. The van der Waals surface area contributed by atoms with Crippen molar-refractivity contribution < 1.29 is 18.3 Å². The van der Waals surface area contributed by atoms with Crippen molar-refractivity contribution in [3.05, 3.63) is 75.9 Å². The number of carbonyl (C=O) groups is 1. The van der Waals surface area contributed by atoms with Gasteiger partial charge in [0.05, 0.1) is 17.9 Å². The van der Waals surface area contributed by atoms with E-state index in [0.717, 1.165) is 12.0 Å². The summed E-state index contributed by atoms with van der Waals surface area (Å²) in [6.07, 6.45) is 3.97. The number of hydrogen-bond donors (Lipinski definition) is 2. The number of benzene rings is 2. The van der Waals surface area contributed by atoms with E-state index in [-0.39, 0.29) is 22.9 Å². The van der Waals surface area contributed by atoms with Gasteiger partial charge in [-0.25, -0.2) is 13.4 Å². The van der Waals surface area contributed by atoms with Crippen molar-refractivity contribution in [3.63, 3.8) is 0 Å². The molecule has 2 aliphatic rings. The lowest BCUT2D eigenvalue weighted by atomic mass is 9.96. The summed E-state index contributed by atoms with van der Waals surface area (Å²) in [7, 11) is -3.52. The van der Waals surface area contributed by atoms with E-state index in [1.807, 2.05) is 25.1 Å². The van der Waals surface area contributed by atoms with Gasteiger partial charge in [-0.2, -0.15) is 4.98 Å². The maximum atomic E-state index is 13.0. The zero-order valence-corrected chi connectivity index (χ0v) is 21.9. The van der Waals surface area contributed by atoms with Crippen LogP contribution in [0, 0.1) is 6.92 Å². The Morgan fingerprint density at radius 3 is 2.59 bits per heavy atom. The van der Waals surface area contributed by atoms with Gasteiger partial charge in [0, 0.05) is 23.8 Å². The first-order chi connectivity index (χ1) is 17.7. The summed E-state index contributed by atoms with van der Waals surface area (Å²) in [5.74, 6) is -0.102. The summed E-state index contributed by atoms with van der Waals surface area (Å²) in [5.41, 5.74) is 5.36. The maximum absolute atomic E-state index is 13.0. The van der Waals surface area contributed by atoms with Crippen LogP contribution >= 0.6 is 11.6 Å². The highest BCUT2D eigenvalue weighted by Gasteiger charge is 2.31. The van der Waals surface area contributed by atoms with Crippen LogP contribution in [0.25, 0.3) is 5.57 Å². The van der Waals surface area contributed by atoms with Gasteiger partial charge in [-0.3, -0.25) is 4.79 Å². The number of hydrogen-bond acceptors (Lipinski definition) is 7. The largest absolute Gasteiger partial charge is 0.481 e. The molecular weight excluding hydrogens is 512 g/mol. The molecule has 0 radical (unpaired) electrons. The first kappa shape index (κ1) is 25.2. The Hall–Kier alpha value is -3.43. The fraction of sp³-hybridized carbons (Fsp3) is 0.296. The van der Waals surface area contributed by atoms with Gasteiger partial charge in [0.2, 0.25) is 5.95 Å². The van der Waals surface area contributed by atoms with E-state index in [1.165, 1.54) is 11.1 Å². The molecule has 2 N–H and O–H groups in total. The summed E-state index contributed by atoms with van der Waals surface area (Å²) >= 11 is 6.12. The van der Waals surface area contributed by atoms with Crippen LogP contribution in [0.15, 0.2) is 53.4 Å². The number of fused-ring (bicyclic) bond motifs is 1. The molecule has 0 unspecified atom stereocenters. The molecule has 37 heavy (non-hydrogen) atoms. The molecular formula is C27H27ClN4O4S. The average molecular weight is 539 g/mol. The van der Waals surface area contributed by atoms with Crippen molar-refractivity contribution in [2.45, 2.75) is 37.5 Å². The molecule has 3 aromatic rings. The van der Waals surface area contributed by atoms with Gasteiger partial charge in [0.15, 0.2) is 15.7 Å². The number of halogens is 1. The van der Waals surface area contributed by atoms with E-state index in [0.29, 0.717) is 53.8 Å². The van der Waals surface area contributed by atoms with Crippen LogP contribution in [-0.2, 0) is 27.5 Å². The molecule has 5 rings (SSSR count). The molecule has 0 bridgehead atoms. The number of nitrogens with zero attached hydrogens (tertiary/aromatic N) is 3. The van der Waals surface area contributed by atoms with Gasteiger partial charge in [0.1, 0.15) is 4.90 Å². The molecule has 3 heterocycles. The molecule has 2 aromatic carbocycles. The van der Waals surface area contributed by atoms with E-state index < -0.39 is 15.8 Å². The highest BCUT2D eigenvalue weighted by atomic mass is 35.5.